The number of rotatable bonds is 2. The Kier molecular flexibility index (Phi) is 4.27. The Balaban J connectivity index is 1.59. The molecule has 2 aliphatic rings. The van der Waals surface area contributed by atoms with Crippen molar-refractivity contribution in [2.45, 2.75) is 12.8 Å². The van der Waals surface area contributed by atoms with Gasteiger partial charge >= 0.3 is 0 Å². The van der Waals surface area contributed by atoms with Crippen LogP contribution in [0.25, 0.3) is 0 Å². The molecule has 0 spiro atoms. The summed E-state index contributed by atoms with van der Waals surface area (Å²) in [6.07, 6.45) is 4.38. The summed E-state index contributed by atoms with van der Waals surface area (Å²) in [5.74, 6) is 1.16. The fraction of sp³-hybridized carbons (Fsp3) is 0.471. The van der Waals surface area contributed by atoms with Crippen molar-refractivity contribution in [3.8, 4) is 0 Å². The lowest BCUT2D eigenvalue weighted by atomic mass is 10.1. The fourth-order valence-electron chi connectivity index (χ4n) is 3.41. The molecule has 0 unspecified atom stereocenters. The summed E-state index contributed by atoms with van der Waals surface area (Å²) in [6.45, 7) is 4.19. The van der Waals surface area contributed by atoms with E-state index in [4.69, 9.17) is 14.9 Å². The summed E-state index contributed by atoms with van der Waals surface area (Å²) in [7, 11) is 0. The normalized spacial score (nSPS) is 17.9. The zero-order chi connectivity index (χ0) is 17.2. The Bertz CT molecular complexity index is 756. The van der Waals surface area contributed by atoms with Gasteiger partial charge in [0.1, 0.15) is 12.1 Å². The number of furan rings is 1. The monoisotopic (exact) mass is 343 g/mol. The van der Waals surface area contributed by atoms with Crippen molar-refractivity contribution in [2.75, 3.05) is 50.0 Å². The predicted octanol–water partition coefficient (Wildman–Crippen LogP) is 0.729. The zero-order valence-electron chi connectivity index (χ0n) is 14.0. The molecule has 4 heterocycles. The standard InChI is InChI=1S/C17H21N5O3/c18-17-19-14-2-5-22(16(23)12-3-8-25-11-12)4-1-13(14)15(20-17)21-6-9-24-10-7-21/h3,8,11H,1-2,4-7,9-10H2,(H2,18,19,20). The van der Waals surface area contributed by atoms with Crippen LogP contribution in [0.5, 0.6) is 0 Å². The molecular weight excluding hydrogens is 322 g/mol. The minimum atomic E-state index is -0.0181. The van der Waals surface area contributed by atoms with E-state index < -0.39 is 0 Å². The molecule has 25 heavy (non-hydrogen) atoms. The van der Waals surface area contributed by atoms with Gasteiger partial charge in [0.05, 0.1) is 30.7 Å². The second-order valence-corrected chi connectivity index (χ2v) is 6.23. The third kappa shape index (κ3) is 3.17. The lowest BCUT2D eigenvalue weighted by molar-refractivity contribution is 0.0762. The summed E-state index contributed by atoms with van der Waals surface area (Å²) in [6, 6.07) is 1.69. The SMILES string of the molecule is Nc1nc2c(c(N3CCOCC3)n1)CCN(C(=O)c1ccoc1)CC2. The average Bonchev–Trinajstić information content (AvgIpc) is 3.09. The Labute approximate surface area is 145 Å². The maximum atomic E-state index is 12.6. The van der Waals surface area contributed by atoms with Gasteiger partial charge in [-0.05, 0) is 12.5 Å². The first-order chi connectivity index (χ1) is 12.2. The number of fused-ring (bicyclic) bond motifs is 1. The van der Waals surface area contributed by atoms with Crippen LogP contribution in [0.3, 0.4) is 0 Å². The summed E-state index contributed by atoms with van der Waals surface area (Å²) in [4.78, 5) is 25.6. The third-order valence-corrected chi connectivity index (χ3v) is 4.70. The number of ether oxygens (including phenoxy) is 1. The lowest BCUT2D eigenvalue weighted by Crippen LogP contribution is -2.38. The molecule has 132 valence electrons. The van der Waals surface area contributed by atoms with E-state index in [2.05, 4.69) is 14.9 Å². The van der Waals surface area contributed by atoms with Gasteiger partial charge in [0.2, 0.25) is 5.95 Å². The van der Waals surface area contributed by atoms with E-state index in [1.54, 1.807) is 6.07 Å². The summed E-state index contributed by atoms with van der Waals surface area (Å²) in [5.41, 5.74) is 8.55. The molecule has 0 aliphatic carbocycles. The highest BCUT2D eigenvalue weighted by Gasteiger charge is 2.26. The first kappa shape index (κ1) is 15.9. The molecule has 1 fully saturated rings. The van der Waals surface area contributed by atoms with E-state index in [1.807, 2.05) is 4.90 Å². The number of carbonyl (C=O) groups is 1. The van der Waals surface area contributed by atoms with Crippen molar-refractivity contribution in [2.24, 2.45) is 0 Å². The first-order valence-corrected chi connectivity index (χ1v) is 8.52. The number of morpholine rings is 1. The molecule has 1 amide bonds. The maximum Gasteiger partial charge on any atom is 0.257 e. The van der Waals surface area contributed by atoms with E-state index in [0.717, 1.165) is 30.2 Å². The zero-order valence-corrected chi connectivity index (χ0v) is 14.0. The Morgan fingerprint density at radius 2 is 1.92 bits per heavy atom. The molecule has 0 saturated carbocycles. The van der Waals surface area contributed by atoms with Gasteiger partial charge in [-0.15, -0.1) is 0 Å². The Morgan fingerprint density at radius 1 is 1.12 bits per heavy atom. The van der Waals surface area contributed by atoms with Crippen LogP contribution in [-0.4, -0.2) is 60.2 Å². The van der Waals surface area contributed by atoms with E-state index in [-0.39, 0.29) is 11.9 Å². The average molecular weight is 343 g/mol. The first-order valence-electron chi connectivity index (χ1n) is 8.52. The molecule has 2 N–H and O–H groups in total. The second kappa shape index (κ2) is 6.72. The van der Waals surface area contributed by atoms with Gasteiger partial charge in [0.15, 0.2) is 0 Å². The molecular formula is C17H21N5O3. The Hall–Kier alpha value is -2.61. The van der Waals surface area contributed by atoms with Crippen LogP contribution in [0.15, 0.2) is 23.0 Å². The van der Waals surface area contributed by atoms with Crippen LogP contribution < -0.4 is 10.6 Å². The van der Waals surface area contributed by atoms with Crippen LogP contribution in [0.2, 0.25) is 0 Å². The van der Waals surface area contributed by atoms with Gasteiger partial charge in [0, 0.05) is 38.2 Å². The van der Waals surface area contributed by atoms with Crippen LogP contribution in [0.4, 0.5) is 11.8 Å². The van der Waals surface area contributed by atoms with Gasteiger partial charge in [-0.25, -0.2) is 4.98 Å². The quantitative estimate of drug-likeness (QED) is 0.858. The van der Waals surface area contributed by atoms with Crippen LogP contribution >= 0.6 is 0 Å². The van der Waals surface area contributed by atoms with Crippen LogP contribution in [0.1, 0.15) is 21.6 Å². The van der Waals surface area contributed by atoms with Crippen molar-refractivity contribution in [3.05, 3.63) is 35.4 Å². The molecule has 8 heteroatoms. The summed E-state index contributed by atoms with van der Waals surface area (Å²) >= 11 is 0. The fourth-order valence-corrected chi connectivity index (χ4v) is 3.41. The van der Waals surface area contributed by atoms with E-state index in [0.29, 0.717) is 44.7 Å². The van der Waals surface area contributed by atoms with Gasteiger partial charge in [0.25, 0.3) is 5.91 Å². The number of nitrogen functional groups attached to an aromatic ring is 1. The topological polar surface area (TPSA) is 97.7 Å². The van der Waals surface area contributed by atoms with Crippen LogP contribution in [-0.2, 0) is 17.6 Å². The van der Waals surface area contributed by atoms with Crippen molar-refractivity contribution >= 4 is 17.7 Å². The molecule has 8 nitrogen and oxygen atoms in total. The second-order valence-electron chi connectivity index (χ2n) is 6.23. The third-order valence-electron chi connectivity index (χ3n) is 4.70. The molecule has 4 rings (SSSR count). The number of aromatic nitrogens is 2. The van der Waals surface area contributed by atoms with Gasteiger partial charge in [-0.1, -0.05) is 0 Å². The van der Waals surface area contributed by atoms with E-state index in [1.165, 1.54) is 12.5 Å². The smallest absolute Gasteiger partial charge is 0.257 e. The number of anilines is 2. The molecule has 0 aromatic carbocycles. The lowest BCUT2D eigenvalue weighted by Gasteiger charge is -2.30. The molecule has 0 atom stereocenters. The number of hydrogen-bond donors (Lipinski definition) is 1. The number of hydrogen-bond acceptors (Lipinski definition) is 7. The van der Waals surface area contributed by atoms with Gasteiger partial charge in [-0.2, -0.15) is 4.98 Å². The van der Waals surface area contributed by atoms with Crippen molar-refractivity contribution in [1.29, 1.82) is 0 Å². The summed E-state index contributed by atoms with van der Waals surface area (Å²) < 4.78 is 10.5. The highest BCUT2D eigenvalue weighted by atomic mass is 16.5. The van der Waals surface area contributed by atoms with E-state index >= 15 is 0 Å². The number of nitrogens with zero attached hydrogens (tertiary/aromatic N) is 4. The minimum Gasteiger partial charge on any atom is -0.472 e. The summed E-state index contributed by atoms with van der Waals surface area (Å²) in [5, 5.41) is 0. The predicted molar refractivity (Wildman–Crippen MR) is 91.5 cm³/mol. The molecule has 0 bridgehead atoms. The number of carbonyl (C=O) groups excluding carboxylic acids is 1. The van der Waals surface area contributed by atoms with Gasteiger partial charge < -0.3 is 24.7 Å². The highest BCUT2D eigenvalue weighted by molar-refractivity contribution is 5.93. The molecule has 1 saturated heterocycles. The molecule has 2 aromatic rings. The molecule has 0 radical (unpaired) electrons. The molecule has 2 aliphatic heterocycles. The number of amides is 1. The Morgan fingerprint density at radius 3 is 2.68 bits per heavy atom. The van der Waals surface area contributed by atoms with Crippen molar-refractivity contribution in [1.82, 2.24) is 14.9 Å². The van der Waals surface area contributed by atoms with Gasteiger partial charge in [-0.3, -0.25) is 4.79 Å². The maximum absolute atomic E-state index is 12.6. The van der Waals surface area contributed by atoms with Crippen molar-refractivity contribution < 1.29 is 13.9 Å². The molecule has 2 aromatic heterocycles. The van der Waals surface area contributed by atoms with Crippen LogP contribution in [0, 0.1) is 0 Å². The van der Waals surface area contributed by atoms with E-state index in [9.17, 15) is 4.79 Å². The minimum absolute atomic E-state index is 0.0181. The largest absolute Gasteiger partial charge is 0.472 e. The van der Waals surface area contributed by atoms with Crippen molar-refractivity contribution in [3.63, 3.8) is 0 Å². The highest BCUT2D eigenvalue weighted by Crippen LogP contribution is 2.26. The number of nitrogens with two attached hydrogens (primary N) is 1.